The number of carbonyl (C=O) groups excluding carboxylic acids is 1. The summed E-state index contributed by atoms with van der Waals surface area (Å²) in [6.45, 7) is 1.83. The summed E-state index contributed by atoms with van der Waals surface area (Å²) in [5.41, 5.74) is 0.901. The number of rotatable bonds is 1. The summed E-state index contributed by atoms with van der Waals surface area (Å²) in [7, 11) is -3.52. The highest BCUT2D eigenvalue weighted by atomic mass is 32.2. The van der Waals surface area contributed by atoms with E-state index in [0.29, 0.717) is 24.0 Å². The van der Waals surface area contributed by atoms with E-state index >= 15 is 0 Å². The number of phenolic OH excluding ortho intramolecular Hbond substituents is 1. The van der Waals surface area contributed by atoms with Crippen LogP contribution in [0.15, 0.2) is 17.0 Å². The van der Waals surface area contributed by atoms with Gasteiger partial charge in [0, 0.05) is 17.7 Å². The maximum atomic E-state index is 11.9. The second-order valence-corrected chi connectivity index (χ2v) is 6.47. The highest BCUT2D eigenvalue weighted by Crippen LogP contribution is 2.35. The van der Waals surface area contributed by atoms with Gasteiger partial charge < -0.3 is 5.11 Å². The standard InChI is InChI=1S/C12H14O4S/c1-7-3-4-9-8(11(7)14)5-6-10(13)12(9)17(2,15)16/h5-7,13H,3-4H2,1-2H3. The molecule has 0 heterocycles. The first-order chi connectivity index (χ1) is 7.82. The van der Waals surface area contributed by atoms with Gasteiger partial charge in [0.15, 0.2) is 15.6 Å². The summed E-state index contributed by atoms with van der Waals surface area (Å²) in [6, 6.07) is 2.79. The van der Waals surface area contributed by atoms with Crippen molar-refractivity contribution in [3.63, 3.8) is 0 Å². The number of hydrogen-bond donors (Lipinski definition) is 1. The highest BCUT2D eigenvalue weighted by molar-refractivity contribution is 7.90. The molecule has 0 saturated carbocycles. The summed E-state index contributed by atoms with van der Waals surface area (Å²) in [4.78, 5) is 11.8. The van der Waals surface area contributed by atoms with E-state index in [-0.39, 0.29) is 22.3 Å². The fourth-order valence-corrected chi connectivity index (χ4v) is 3.37. The molecule has 1 aromatic rings. The van der Waals surface area contributed by atoms with Gasteiger partial charge >= 0.3 is 0 Å². The fourth-order valence-electron chi connectivity index (χ4n) is 2.27. The molecule has 5 heteroatoms. The van der Waals surface area contributed by atoms with Crippen molar-refractivity contribution in [3.8, 4) is 5.75 Å². The summed E-state index contributed by atoms with van der Waals surface area (Å²) in [5, 5.41) is 9.66. The molecule has 1 aliphatic carbocycles. The van der Waals surface area contributed by atoms with Crippen molar-refractivity contribution in [2.24, 2.45) is 5.92 Å². The van der Waals surface area contributed by atoms with E-state index in [0.717, 1.165) is 6.26 Å². The van der Waals surface area contributed by atoms with Crippen LogP contribution < -0.4 is 0 Å². The Hall–Kier alpha value is -1.36. The predicted molar refractivity (Wildman–Crippen MR) is 63.0 cm³/mol. The molecule has 2 rings (SSSR count). The van der Waals surface area contributed by atoms with Crippen LogP contribution in [0, 0.1) is 5.92 Å². The topological polar surface area (TPSA) is 71.4 Å². The molecule has 1 aromatic carbocycles. The minimum atomic E-state index is -3.52. The summed E-state index contributed by atoms with van der Waals surface area (Å²) in [5.74, 6) is -0.399. The molecule has 0 aromatic heterocycles. The molecule has 0 spiro atoms. The number of ketones is 1. The van der Waals surface area contributed by atoms with Crippen LogP contribution in [-0.4, -0.2) is 25.6 Å². The second kappa shape index (κ2) is 3.84. The average Bonchev–Trinajstić information content (AvgIpc) is 2.21. The molecule has 92 valence electrons. The molecule has 1 aliphatic rings. The monoisotopic (exact) mass is 254 g/mol. The average molecular weight is 254 g/mol. The number of fused-ring (bicyclic) bond motifs is 1. The van der Waals surface area contributed by atoms with Crippen LogP contribution in [-0.2, 0) is 16.3 Å². The Bertz CT molecular complexity index is 587. The van der Waals surface area contributed by atoms with Crippen molar-refractivity contribution in [2.45, 2.75) is 24.7 Å². The zero-order valence-corrected chi connectivity index (χ0v) is 10.5. The molecule has 0 bridgehead atoms. The van der Waals surface area contributed by atoms with Crippen molar-refractivity contribution in [1.29, 1.82) is 0 Å². The smallest absolute Gasteiger partial charge is 0.179 e. The molecule has 0 amide bonds. The summed E-state index contributed by atoms with van der Waals surface area (Å²) >= 11 is 0. The van der Waals surface area contributed by atoms with Gasteiger partial charge in [-0.1, -0.05) is 6.92 Å². The van der Waals surface area contributed by atoms with Crippen molar-refractivity contribution < 1.29 is 18.3 Å². The number of carbonyl (C=O) groups is 1. The van der Waals surface area contributed by atoms with E-state index in [2.05, 4.69) is 0 Å². The lowest BCUT2D eigenvalue weighted by molar-refractivity contribution is 0.0913. The number of aromatic hydroxyl groups is 1. The number of phenols is 1. The van der Waals surface area contributed by atoms with Gasteiger partial charge in [-0.25, -0.2) is 8.42 Å². The van der Waals surface area contributed by atoms with Gasteiger partial charge in [-0.15, -0.1) is 0 Å². The largest absolute Gasteiger partial charge is 0.507 e. The Balaban J connectivity index is 2.75. The third kappa shape index (κ3) is 1.95. The first-order valence-corrected chi connectivity index (χ1v) is 7.30. The highest BCUT2D eigenvalue weighted by Gasteiger charge is 2.30. The zero-order chi connectivity index (χ0) is 12.8. The normalized spacial score (nSPS) is 20.1. The van der Waals surface area contributed by atoms with Crippen molar-refractivity contribution in [1.82, 2.24) is 0 Å². The molecule has 0 aliphatic heterocycles. The van der Waals surface area contributed by atoms with Crippen LogP contribution in [0.2, 0.25) is 0 Å². The van der Waals surface area contributed by atoms with Gasteiger partial charge in [-0.2, -0.15) is 0 Å². The van der Waals surface area contributed by atoms with Gasteiger partial charge in [0.25, 0.3) is 0 Å². The van der Waals surface area contributed by atoms with Crippen molar-refractivity contribution >= 4 is 15.6 Å². The maximum absolute atomic E-state index is 11.9. The molecular weight excluding hydrogens is 240 g/mol. The molecule has 4 nitrogen and oxygen atoms in total. The SMILES string of the molecule is CC1CCc2c(ccc(O)c2S(C)(=O)=O)C1=O. The third-order valence-electron chi connectivity index (χ3n) is 3.15. The Morgan fingerprint density at radius 3 is 2.59 bits per heavy atom. The molecule has 1 atom stereocenters. The lowest BCUT2D eigenvalue weighted by atomic mass is 9.84. The van der Waals surface area contributed by atoms with Gasteiger partial charge in [-0.05, 0) is 30.5 Å². The van der Waals surface area contributed by atoms with Crippen LogP contribution >= 0.6 is 0 Å². The van der Waals surface area contributed by atoms with E-state index in [9.17, 15) is 18.3 Å². The van der Waals surface area contributed by atoms with Gasteiger partial charge in [0.1, 0.15) is 10.6 Å². The second-order valence-electron chi connectivity index (χ2n) is 4.52. The minimum absolute atomic E-state index is 0.0452. The lowest BCUT2D eigenvalue weighted by Gasteiger charge is -2.22. The molecule has 0 fully saturated rings. The quantitative estimate of drug-likeness (QED) is 0.825. The number of Topliss-reactive ketones (excluding diaryl/α,β-unsaturated/α-hetero) is 1. The van der Waals surface area contributed by atoms with Gasteiger partial charge in [0.2, 0.25) is 0 Å². The van der Waals surface area contributed by atoms with Gasteiger partial charge in [0.05, 0.1) is 0 Å². The van der Waals surface area contributed by atoms with Crippen molar-refractivity contribution in [2.75, 3.05) is 6.26 Å². The van der Waals surface area contributed by atoms with E-state index in [1.54, 1.807) is 0 Å². The van der Waals surface area contributed by atoms with Crippen LogP contribution in [0.4, 0.5) is 0 Å². The summed E-state index contributed by atoms with van der Waals surface area (Å²) in [6.07, 6.45) is 2.18. The molecular formula is C12H14O4S. The Kier molecular flexibility index (Phi) is 2.73. The van der Waals surface area contributed by atoms with Crippen LogP contribution in [0.1, 0.15) is 29.3 Å². The molecule has 1 unspecified atom stereocenters. The Morgan fingerprint density at radius 2 is 2.00 bits per heavy atom. The Labute approximate surface area is 100 Å². The first kappa shape index (κ1) is 12.1. The number of sulfone groups is 1. The Morgan fingerprint density at radius 1 is 1.35 bits per heavy atom. The van der Waals surface area contributed by atoms with E-state index < -0.39 is 9.84 Å². The van der Waals surface area contributed by atoms with Crippen LogP contribution in [0.25, 0.3) is 0 Å². The van der Waals surface area contributed by atoms with E-state index in [1.165, 1.54) is 12.1 Å². The fraction of sp³-hybridized carbons (Fsp3) is 0.417. The number of benzene rings is 1. The molecule has 17 heavy (non-hydrogen) atoms. The maximum Gasteiger partial charge on any atom is 0.179 e. The minimum Gasteiger partial charge on any atom is -0.507 e. The molecule has 0 saturated heterocycles. The van der Waals surface area contributed by atoms with Crippen LogP contribution in [0.5, 0.6) is 5.75 Å². The van der Waals surface area contributed by atoms with E-state index in [1.807, 2.05) is 6.92 Å². The summed E-state index contributed by atoms with van der Waals surface area (Å²) < 4.78 is 23.3. The van der Waals surface area contributed by atoms with Gasteiger partial charge in [-0.3, -0.25) is 4.79 Å². The third-order valence-corrected chi connectivity index (χ3v) is 4.35. The van der Waals surface area contributed by atoms with Crippen LogP contribution in [0.3, 0.4) is 0 Å². The molecule has 1 N–H and O–H groups in total. The van der Waals surface area contributed by atoms with Crippen molar-refractivity contribution in [3.05, 3.63) is 23.3 Å². The zero-order valence-electron chi connectivity index (χ0n) is 9.73. The van der Waals surface area contributed by atoms with E-state index in [4.69, 9.17) is 0 Å². The molecule has 0 radical (unpaired) electrons. The first-order valence-electron chi connectivity index (χ1n) is 5.41. The lowest BCUT2D eigenvalue weighted by Crippen LogP contribution is -2.22. The number of hydrogen-bond acceptors (Lipinski definition) is 4. The predicted octanol–water partition coefficient (Wildman–Crippen LogP) is 1.56.